The molecular formula is C10H11ClN4. The SMILES string of the molecule is NCC1(c2nc3cc(Cl)ccn3n2)CC1. The third-order valence-electron chi connectivity index (χ3n) is 3.02. The quantitative estimate of drug-likeness (QED) is 0.835. The molecule has 1 aliphatic rings. The normalized spacial score (nSPS) is 18.3. The summed E-state index contributed by atoms with van der Waals surface area (Å²) < 4.78 is 1.75. The van der Waals surface area contributed by atoms with Gasteiger partial charge in [-0.25, -0.2) is 9.50 Å². The van der Waals surface area contributed by atoms with Crippen LogP contribution in [0.1, 0.15) is 18.7 Å². The predicted molar refractivity (Wildman–Crippen MR) is 58.0 cm³/mol. The molecule has 2 aromatic rings. The molecule has 0 amide bonds. The fourth-order valence-electron chi connectivity index (χ4n) is 1.75. The van der Waals surface area contributed by atoms with Crippen LogP contribution in [0, 0.1) is 0 Å². The monoisotopic (exact) mass is 222 g/mol. The molecule has 0 aliphatic heterocycles. The highest BCUT2D eigenvalue weighted by Crippen LogP contribution is 2.45. The molecule has 15 heavy (non-hydrogen) atoms. The summed E-state index contributed by atoms with van der Waals surface area (Å²) in [5, 5.41) is 5.11. The van der Waals surface area contributed by atoms with Crippen LogP contribution in [-0.2, 0) is 5.41 Å². The zero-order valence-corrected chi connectivity index (χ0v) is 8.91. The highest BCUT2D eigenvalue weighted by molar-refractivity contribution is 6.30. The number of fused-ring (bicyclic) bond motifs is 1. The van der Waals surface area contributed by atoms with E-state index in [1.54, 1.807) is 10.6 Å². The fourth-order valence-corrected chi connectivity index (χ4v) is 1.91. The van der Waals surface area contributed by atoms with Gasteiger partial charge in [0.1, 0.15) is 0 Å². The summed E-state index contributed by atoms with van der Waals surface area (Å²) in [6.45, 7) is 0.623. The van der Waals surface area contributed by atoms with E-state index in [2.05, 4.69) is 10.1 Å². The molecule has 78 valence electrons. The Morgan fingerprint density at radius 1 is 1.53 bits per heavy atom. The van der Waals surface area contributed by atoms with Gasteiger partial charge in [-0.05, 0) is 18.9 Å². The lowest BCUT2D eigenvalue weighted by molar-refractivity contribution is 0.647. The van der Waals surface area contributed by atoms with E-state index in [9.17, 15) is 0 Å². The number of nitrogens with zero attached hydrogens (tertiary/aromatic N) is 3. The molecular weight excluding hydrogens is 212 g/mol. The van der Waals surface area contributed by atoms with Crippen molar-refractivity contribution < 1.29 is 0 Å². The maximum Gasteiger partial charge on any atom is 0.159 e. The van der Waals surface area contributed by atoms with Crippen molar-refractivity contribution in [1.29, 1.82) is 0 Å². The summed E-state index contributed by atoms with van der Waals surface area (Å²) in [6.07, 6.45) is 4.00. The minimum absolute atomic E-state index is 0.0402. The smallest absolute Gasteiger partial charge is 0.159 e. The molecule has 1 saturated carbocycles. The minimum atomic E-state index is 0.0402. The molecule has 0 aromatic carbocycles. The van der Waals surface area contributed by atoms with Gasteiger partial charge in [-0.3, -0.25) is 0 Å². The Kier molecular flexibility index (Phi) is 1.78. The molecule has 0 saturated heterocycles. The first kappa shape index (κ1) is 9.12. The van der Waals surface area contributed by atoms with Crippen LogP contribution >= 0.6 is 11.6 Å². The van der Waals surface area contributed by atoms with Crippen molar-refractivity contribution in [3.05, 3.63) is 29.2 Å². The van der Waals surface area contributed by atoms with Crippen molar-refractivity contribution >= 4 is 17.2 Å². The molecule has 0 radical (unpaired) electrons. The predicted octanol–water partition coefficient (Wildman–Crippen LogP) is 1.37. The number of nitrogens with two attached hydrogens (primary N) is 1. The second-order valence-corrected chi connectivity index (χ2v) is 4.50. The van der Waals surface area contributed by atoms with E-state index in [4.69, 9.17) is 17.3 Å². The number of hydrogen-bond acceptors (Lipinski definition) is 3. The molecule has 0 spiro atoms. The minimum Gasteiger partial charge on any atom is -0.329 e. The number of pyridine rings is 1. The van der Waals surface area contributed by atoms with Gasteiger partial charge < -0.3 is 5.73 Å². The van der Waals surface area contributed by atoms with Crippen molar-refractivity contribution in [2.24, 2.45) is 5.73 Å². The molecule has 0 unspecified atom stereocenters. The van der Waals surface area contributed by atoms with Gasteiger partial charge in [0.2, 0.25) is 0 Å². The zero-order chi connectivity index (χ0) is 10.5. The first-order valence-corrected chi connectivity index (χ1v) is 5.34. The lowest BCUT2D eigenvalue weighted by Crippen LogP contribution is -2.21. The fraction of sp³-hybridized carbons (Fsp3) is 0.400. The van der Waals surface area contributed by atoms with Gasteiger partial charge in [0, 0.05) is 29.2 Å². The molecule has 1 aliphatic carbocycles. The lowest BCUT2D eigenvalue weighted by atomic mass is 10.1. The average molecular weight is 223 g/mol. The second kappa shape index (κ2) is 2.93. The molecule has 4 nitrogen and oxygen atoms in total. The van der Waals surface area contributed by atoms with E-state index < -0.39 is 0 Å². The van der Waals surface area contributed by atoms with Gasteiger partial charge in [-0.15, -0.1) is 0 Å². The van der Waals surface area contributed by atoms with Gasteiger partial charge in [0.05, 0.1) is 0 Å². The molecule has 0 atom stereocenters. The number of halogens is 1. The standard InChI is InChI=1S/C10H11ClN4/c11-7-1-4-15-8(5-7)13-9(14-15)10(6-12)2-3-10/h1,4-5H,2-3,6,12H2. The average Bonchev–Trinajstić information content (AvgIpc) is 2.93. The van der Waals surface area contributed by atoms with E-state index in [1.807, 2.05) is 12.3 Å². The summed E-state index contributed by atoms with van der Waals surface area (Å²) in [5.41, 5.74) is 6.57. The first-order chi connectivity index (χ1) is 7.23. The van der Waals surface area contributed by atoms with Gasteiger partial charge in [-0.1, -0.05) is 11.6 Å². The van der Waals surface area contributed by atoms with Crippen LogP contribution in [0.5, 0.6) is 0 Å². The highest BCUT2D eigenvalue weighted by Gasteiger charge is 2.46. The largest absolute Gasteiger partial charge is 0.329 e. The number of rotatable bonds is 2. The third kappa shape index (κ3) is 1.33. The Balaban J connectivity index is 2.14. The van der Waals surface area contributed by atoms with Crippen LogP contribution in [0.3, 0.4) is 0 Å². The number of hydrogen-bond donors (Lipinski definition) is 1. The van der Waals surface area contributed by atoms with E-state index >= 15 is 0 Å². The first-order valence-electron chi connectivity index (χ1n) is 4.96. The van der Waals surface area contributed by atoms with E-state index in [-0.39, 0.29) is 5.41 Å². The van der Waals surface area contributed by atoms with Crippen molar-refractivity contribution in [1.82, 2.24) is 14.6 Å². The van der Waals surface area contributed by atoms with Gasteiger partial charge in [0.25, 0.3) is 0 Å². The van der Waals surface area contributed by atoms with Crippen LogP contribution in [0.2, 0.25) is 5.02 Å². The molecule has 5 heteroatoms. The van der Waals surface area contributed by atoms with E-state index in [0.29, 0.717) is 11.6 Å². The van der Waals surface area contributed by atoms with Crippen LogP contribution in [-0.4, -0.2) is 21.1 Å². The van der Waals surface area contributed by atoms with Crippen LogP contribution in [0.15, 0.2) is 18.3 Å². The van der Waals surface area contributed by atoms with Crippen LogP contribution < -0.4 is 5.73 Å². The van der Waals surface area contributed by atoms with Crippen molar-refractivity contribution in [2.75, 3.05) is 6.54 Å². The Bertz CT molecular complexity index is 515. The maximum absolute atomic E-state index is 5.89. The van der Waals surface area contributed by atoms with Crippen molar-refractivity contribution in [3.63, 3.8) is 0 Å². The lowest BCUT2D eigenvalue weighted by Gasteiger charge is -2.04. The topological polar surface area (TPSA) is 56.2 Å². The van der Waals surface area contributed by atoms with Crippen molar-refractivity contribution in [2.45, 2.75) is 18.3 Å². The third-order valence-corrected chi connectivity index (χ3v) is 3.25. The van der Waals surface area contributed by atoms with Crippen molar-refractivity contribution in [3.8, 4) is 0 Å². The molecule has 1 fully saturated rings. The molecule has 3 rings (SSSR count). The molecule has 2 aromatic heterocycles. The van der Waals surface area contributed by atoms with Gasteiger partial charge in [-0.2, -0.15) is 5.10 Å². The molecule has 0 bridgehead atoms. The van der Waals surface area contributed by atoms with Gasteiger partial charge >= 0.3 is 0 Å². The Morgan fingerprint density at radius 2 is 2.33 bits per heavy atom. The van der Waals surface area contributed by atoms with Gasteiger partial charge in [0.15, 0.2) is 11.5 Å². The summed E-state index contributed by atoms with van der Waals surface area (Å²) in [7, 11) is 0. The summed E-state index contributed by atoms with van der Waals surface area (Å²) in [6, 6.07) is 3.61. The second-order valence-electron chi connectivity index (χ2n) is 4.07. The van der Waals surface area contributed by atoms with Crippen LogP contribution in [0.25, 0.3) is 5.65 Å². The highest BCUT2D eigenvalue weighted by atomic mass is 35.5. The maximum atomic E-state index is 5.89. The Hall–Kier alpha value is -1.13. The number of aromatic nitrogens is 3. The summed E-state index contributed by atoms with van der Waals surface area (Å²) >= 11 is 5.89. The summed E-state index contributed by atoms with van der Waals surface area (Å²) in [4.78, 5) is 4.47. The summed E-state index contributed by atoms with van der Waals surface area (Å²) in [5.74, 6) is 0.854. The Labute approximate surface area is 92.1 Å². The molecule has 2 heterocycles. The zero-order valence-electron chi connectivity index (χ0n) is 8.15. The van der Waals surface area contributed by atoms with E-state index in [0.717, 1.165) is 24.3 Å². The Morgan fingerprint density at radius 3 is 3.00 bits per heavy atom. The van der Waals surface area contributed by atoms with Crippen LogP contribution in [0.4, 0.5) is 0 Å². The molecule has 2 N–H and O–H groups in total. The van der Waals surface area contributed by atoms with E-state index in [1.165, 1.54) is 0 Å².